The fourth-order valence-corrected chi connectivity index (χ4v) is 3.51. The molecule has 0 bridgehead atoms. The van der Waals surface area contributed by atoms with Gasteiger partial charge in [0.15, 0.2) is 6.29 Å². The molecule has 4 nitrogen and oxygen atoms in total. The molecular formula is C18H35BO4. The van der Waals surface area contributed by atoms with E-state index in [0.29, 0.717) is 12.5 Å². The van der Waals surface area contributed by atoms with Crippen molar-refractivity contribution < 1.29 is 18.8 Å². The van der Waals surface area contributed by atoms with Gasteiger partial charge in [0, 0.05) is 13.0 Å². The molecule has 2 fully saturated rings. The first-order valence-corrected chi connectivity index (χ1v) is 9.41. The zero-order valence-corrected chi connectivity index (χ0v) is 15.9. The van der Waals surface area contributed by atoms with Gasteiger partial charge < -0.3 is 18.8 Å². The smallest absolute Gasteiger partial charge is 0.403 e. The summed E-state index contributed by atoms with van der Waals surface area (Å²) in [6, 6.07) is 0. The number of hydrogen-bond acceptors (Lipinski definition) is 4. The zero-order valence-electron chi connectivity index (χ0n) is 15.9. The van der Waals surface area contributed by atoms with Crippen LogP contribution in [0, 0.1) is 5.92 Å². The van der Waals surface area contributed by atoms with Gasteiger partial charge in [-0.3, -0.25) is 0 Å². The van der Waals surface area contributed by atoms with Crippen LogP contribution in [0.2, 0.25) is 6.32 Å². The van der Waals surface area contributed by atoms with Gasteiger partial charge in [-0.05, 0) is 53.3 Å². The Morgan fingerprint density at radius 1 is 1.04 bits per heavy atom. The van der Waals surface area contributed by atoms with Crippen LogP contribution in [-0.4, -0.2) is 37.3 Å². The van der Waals surface area contributed by atoms with Crippen LogP contribution in [0.15, 0.2) is 0 Å². The van der Waals surface area contributed by atoms with E-state index in [4.69, 9.17) is 18.8 Å². The van der Waals surface area contributed by atoms with Crippen molar-refractivity contribution in [3.63, 3.8) is 0 Å². The minimum Gasteiger partial charge on any atom is -0.403 e. The maximum Gasteiger partial charge on any atom is 0.458 e. The summed E-state index contributed by atoms with van der Waals surface area (Å²) in [6.45, 7) is 13.4. The normalized spacial score (nSPS) is 32.6. The first-order chi connectivity index (χ1) is 10.8. The van der Waals surface area contributed by atoms with Gasteiger partial charge in [0.25, 0.3) is 0 Å². The van der Waals surface area contributed by atoms with Crippen molar-refractivity contribution in [3.05, 3.63) is 0 Å². The molecule has 0 spiro atoms. The first kappa shape index (κ1) is 19.2. The fourth-order valence-electron chi connectivity index (χ4n) is 3.51. The number of hydrogen-bond donors (Lipinski definition) is 0. The maximum absolute atomic E-state index is 6.18. The largest absolute Gasteiger partial charge is 0.458 e. The Morgan fingerprint density at radius 2 is 1.70 bits per heavy atom. The summed E-state index contributed by atoms with van der Waals surface area (Å²) in [6.07, 6.45) is 6.91. The SMILES string of the molecule is CCCCC[C@H]1OC(OCC)C[C@@H]1CB1OC(C)(C)C(C)(C)O1. The van der Waals surface area contributed by atoms with E-state index in [0.717, 1.165) is 19.2 Å². The number of rotatable bonds is 8. The molecule has 2 rings (SSSR count). The molecule has 0 aliphatic carbocycles. The van der Waals surface area contributed by atoms with Gasteiger partial charge in [0.2, 0.25) is 0 Å². The fraction of sp³-hybridized carbons (Fsp3) is 1.00. The Morgan fingerprint density at radius 3 is 2.26 bits per heavy atom. The zero-order chi connectivity index (χ0) is 17.1. The van der Waals surface area contributed by atoms with Crippen LogP contribution >= 0.6 is 0 Å². The molecule has 0 aromatic heterocycles. The predicted octanol–water partition coefficient (Wildman–Crippen LogP) is 4.43. The predicted molar refractivity (Wildman–Crippen MR) is 93.4 cm³/mol. The Hall–Kier alpha value is -0.0951. The molecule has 0 saturated carbocycles. The van der Waals surface area contributed by atoms with Crippen LogP contribution in [-0.2, 0) is 18.8 Å². The molecule has 1 unspecified atom stereocenters. The molecule has 2 aliphatic rings. The monoisotopic (exact) mass is 326 g/mol. The molecule has 134 valence electrons. The topological polar surface area (TPSA) is 36.9 Å². The average Bonchev–Trinajstić information content (AvgIpc) is 2.89. The Kier molecular flexibility index (Phi) is 6.57. The van der Waals surface area contributed by atoms with Crippen LogP contribution in [0.4, 0.5) is 0 Å². The van der Waals surface area contributed by atoms with Crippen LogP contribution in [0.5, 0.6) is 0 Å². The third-order valence-corrected chi connectivity index (χ3v) is 5.59. The Labute approximate surface area is 142 Å². The summed E-state index contributed by atoms with van der Waals surface area (Å²) in [5.41, 5.74) is -0.512. The number of unbranched alkanes of at least 4 members (excludes halogenated alkanes) is 2. The molecule has 5 heteroatoms. The summed E-state index contributed by atoms with van der Waals surface area (Å²) in [5, 5.41) is 0. The third kappa shape index (κ3) is 4.71. The quantitative estimate of drug-likeness (QED) is 0.488. The molecule has 0 radical (unpaired) electrons. The van der Waals surface area contributed by atoms with E-state index in [9.17, 15) is 0 Å². The van der Waals surface area contributed by atoms with Crippen molar-refractivity contribution in [2.45, 2.75) is 104 Å². The average molecular weight is 326 g/mol. The van der Waals surface area contributed by atoms with Crippen molar-refractivity contribution in [1.82, 2.24) is 0 Å². The summed E-state index contributed by atoms with van der Waals surface area (Å²) < 4.78 is 24.2. The lowest BCUT2D eigenvalue weighted by molar-refractivity contribution is -0.132. The van der Waals surface area contributed by atoms with Crippen molar-refractivity contribution in [3.8, 4) is 0 Å². The molecule has 0 amide bonds. The number of ether oxygens (including phenoxy) is 2. The molecule has 0 N–H and O–H groups in total. The molecule has 0 aromatic carbocycles. The van der Waals surface area contributed by atoms with E-state index < -0.39 is 0 Å². The van der Waals surface area contributed by atoms with E-state index in [2.05, 4.69) is 34.6 Å². The second-order valence-corrected chi connectivity index (χ2v) is 7.97. The highest BCUT2D eigenvalue weighted by Crippen LogP contribution is 2.41. The summed E-state index contributed by atoms with van der Waals surface area (Å²) in [4.78, 5) is 0. The highest BCUT2D eigenvalue weighted by molar-refractivity contribution is 6.45. The van der Waals surface area contributed by atoms with Crippen LogP contribution in [0.25, 0.3) is 0 Å². The molecule has 2 saturated heterocycles. The third-order valence-electron chi connectivity index (χ3n) is 5.59. The lowest BCUT2D eigenvalue weighted by atomic mass is 9.74. The van der Waals surface area contributed by atoms with E-state index in [1.165, 1.54) is 19.3 Å². The van der Waals surface area contributed by atoms with E-state index >= 15 is 0 Å². The van der Waals surface area contributed by atoms with Gasteiger partial charge in [-0.1, -0.05) is 26.2 Å². The second-order valence-electron chi connectivity index (χ2n) is 7.97. The highest BCUT2D eigenvalue weighted by atomic mass is 16.7. The molecule has 3 atom stereocenters. The van der Waals surface area contributed by atoms with Gasteiger partial charge in [-0.25, -0.2) is 0 Å². The molecule has 2 aliphatic heterocycles. The molecular weight excluding hydrogens is 291 g/mol. The van der Waals surface area contributed by atoms with Crippen molar-refractivity contribution in [1.29, 1.82) is 0 Å². The lowest BCUT2D eigenvalue weighted by Crippen LogP contribution is -2.41. The van der Waals surface area contributed by atoms with Crippen LogP contribution < -0.4 is 0 Å². The van der Waals surface area contributed by atoms with Gasteiger partial charge in [0.1, 0.15) is 0 Å². The second kappa shape index (κ2) is 7.86. The summed E-state index contributed by atoms with van der Waals surface area (Å²) in [5.74, 6) is 0.457. The van der Waals surface area contributed by atoms with Crippen molar-refractivity contribution in [2.24, 2.45) is 5.92 Å². The van der Waals surface area contributed by atoms with E-state index in [-0.39, 0.29) is 30.7 Å². The van der Waals surface area contributed by atoms with Crippen LogP contribution in [0.3, 0.4) is 0 Å². The van der Waals surface area contributed by atoms with Crippen molar-refractivity contribution >= 4 is 7.12 Å². The first-order valence-electron chi connectivity index (χ1n) is 9.41. The molecule has 23 heavy (non-hydrogen) atoms. The van der Waals surface area contributed by atoms with Crippen molar-refractivity contribution in [2.75, 3.05) is 6.61 Å². The van der Waals surface area contributed by atoms with Gasteiger partial charge >= 0.3 is 7.12 Å². The van der Waals surface area contributed by atoms with Gasteiger partial charge in [-0.2, -0.15) is 0 Å². The van der Waals surface area contributed by atoms with Crippen LogP contribution in [0.1, 0.15) is 73.6 Å². The highest BCUT2D eigenvalue weighted by Gasteiger charge is 2.52. The summed E-state index contributed by atoms with van der Waals surface area (Å²) in [7, 11) is -0.136. The Balaban J connectivity index is 1.92. The minimum atomic E-state index is -0.256. The minimum absolute atomic E-state index is 0.0564. The van der Waals surface area contributed by atoms with E-state index in [1.54, 1.807) is 0 Å². The van der Waals surface area contributed by atoms with E-state index in [1.807, 2.05) is 6.92 Å². The van der Waals surface area contributed by atoms with Gasteiger partial charge in [-0.15, -0.1) is 0 Å². The maximum atomic E-state index is 6.18. The standard InChI is InChI=1S/C18H35BO4/c1-7-9-10-11-15-14(12-16(21-15)20-8-2)13-19-22-17(3,4)18(5,6)23-19/h14-16H,7-13H2,1-6H3/t14-,15-,16?/m1/s1. The molecule has 0 aromatic rings. The van der Waals surface area contributed by atoms with Gasteiger partial charge in [0.05, 0.1) is 17.3 Å². The Bertz CT molecular complexity index is 356. The summed E-state index contributed by atoms with van der Waals surface area (Å²) >= 11 is 0. The molecule has 2 heterocycles. The lowest BCUT2D eigenvalue weighted by Gasteiger charge is -2.32.